The van der Waals surface area contributed by atoms with Crippen LogP contribution in [0.2, 0.25) is 0 Å². The summed E-state index contributed by atoms with van der Waals surface area (Å²) in [6, 6.07) is 4.16. The maximum atomic E-state index is 13.7. The number of anilines is 1. The van der Waals surface area contributed by atoms with Gasteiger partial charge in [0, 0.05) is 49.7 Å². The number of aryl methyl sites for hydroxylation is 1. The first-order chi connectivity index (χ1) is 15.2. The molecule has 0 radical (unpaired) electrons. The molecule has 0 unspecified atom stereocenters. The van der Waals surface area contributed by atoms with Crippen LogP contribution in [0.4, 0.5) is 10.1 Å². The Morgan fingerprint density at radius 3 is 2.62 bits per heavy atom. The topological polar surface area (TPSA) is 94.3 Å². The second-order valence-electron chi connectivity index (χ2n) is 8.22. The lowest BCUT2D eigenvalue weighted by atomic mass is 10.0. The summed E-state index contributed by atoms with van der Waals surface area (Å²) < 4.78 is 13.7. The van der Waals surface area contributed by atoms with Crippen molar-refractivity contribution in [1.29, 1.82) is 0 Å². The van der Waals surface area contributed by atoms with Crippen molar-refractivity contribution in [3.8, 4) is 0 Å². The number of unbranched alkanes of at least 4 members (excludes halogenated alkanes) is 2. The molecule has 2 aromatic rings. The first-order valence-electron chi connectivity index (χ1n) is 10.7. The Bertz CT molecular complexity index is 1090. The van der Waals surface area contributed by atoms with Gasteiger partial charge in [-0.2, -0.15) is 0 Å². The normalized spacial score (nSPS) is 13.8. The van der Waals surface area contributed by atoms with Crippen molar-refractivity contribution >= 4 is 35.1 Å². The van der Waals surface area contributed by atoms with Crippen LogP contribution in [0.15, 0.2) is 18.2 Å². The molecule has 3 amide bonds. The third-order valence-electron chi connectivity index (χ3n) is 5.61. The van der Waals surface area contributed by atoms with Gasteiger partial charge in [-0.15, -0.1) is 0 Å². The molecule has 0 spiro atoms. The number of aromatic amines is 1. The number of aromatic nitrogens is 1. The van der Waals surface area contributed by atoms with Crippen LogP contribution < -0.4 is 10.6 Å². The molecular formula is C24H29FN4O3. The lowest BCUT2D eigenvalue weighted by molar-refractivity contribution is -0.128. The van der Waals surface area contributed by atoms with Crippen molar-refractivity contribution in [2.75, 3.05) is 26.0 Å². The van der Waals surface area contributed by atoms with Crippen molar-refractivity contribution in [1.82, 2.24) is 15.2 Å². The average molecular weight is 441 g/mol. The Hall–Kier alpha value is -3.42. The predicted octanol–water partition coefficient (Wildman–Crippen LogP) is 3.64. The van der Waals surface area contributed by atoms with E-state index in [0.717, 1.165) is 24.8 Å². The molecule has 3 rings (SSSR count). The lowest BCUT2D eigenvalue weighted by Gasteiger charge is -2.10. The summed E-state index contributed by atoms with van der Waals surface area (Å²) in [5.41, 5.74) is 4.01. The van der Waals surface area contributed by atoms with Crippen molar-refractivity contribution in [3.05, 3.63) is 52.1 Å². The van der Waals surface area contributed by atoms with Crippen LogP contribution >= 0.6 is 0 Å². The highest BCUT2D eigenvalue weighted by atomic mass is 19.1. The Labute approximate surface area is 187 Å². The average Bonchev–Trinajstić information content (AvgIpc) is 3.19. The van der Waals surface area contributed by atoms with Crippen LogP contribution in [-0.4, -0.2) is 48.2 Å². The van der Waals surface area contributed by atoms with E-state index in [1.54, 1.807) is 32.0 Å². The maximum Gasteiger partial charge on any atom is 0.256 e. The Kier molecular flexibility index (Phi) is 7.12. The van der Waals surface area contributed by atoms with E-state index in [1.807, 2.05) is 6.92 Å². The van der Waals surface area contributed by atoms with Gasteiger partial charge in [0.25, 0.3) is 11.8 Å². The van der Waals surface area contributed by atoms with E-state index >= 15 is 0 Å². The van der Waals surface area contributed by atoms with Gasteiger partial charge >= 0.3 is 0 Å². The molecule has 7 nitrogen and oxygen atoms in total. The van der Waals surface area contributed by atoms with Crippen molar-refractivity contribution in [2.45, 2.75) is 39.5 Å². The molecule has 32 heavy (non-hydrogen) atoms. The molecule has 1 aromatic carbocycles. The molecule has 0 aliphatic carbocycles. The van der Waals surface area contributed by atoms with Gasteiger partial charge < -0.3 is 20.5 Å². The van der Waals surface area contributed by atoms with Crippen LogP contribution in [-0.2, 0) is 9.59 Å². The monoisotopic (exact) mass is 440 g/mol. The highest BCUT2D eigenvalue weighted by molar-refractivity contribution is 6.34. The van der Waals surface area contributed by atoms with Crippen molar-refractivity contribution in [3.63, 3.8) is 0 Å². The van der Waals surface area contributed by atoms with Crippen molar-refractivity contribution in [2.24, 2.45) is 0 Å². The Balaban J connectivity index is 1.65. The third-order valence-corrected chi connectivity index (χ3v) is 5.61. The standard InChI is InChI=1S/C24H29FN4O3/c1-14-20(13-18-17-12-16(25)9-10-19(17)28-23(18)31)27-15(2)22(14)24(32)26-11-7-5-6-8-21(30)29(3)4/h9-10,12-13,27H,5-8,11H2,1-4H3,(H,26,32)(H,28,31)/b18-13-. The van der Waals surface area contributed by atoms with Gasteiger partial charge in [0.15, 0.2) is 0 Å². The van der Waals surface area contributed by atoms with E-state index in [4.69, 9.17) is 0 Å². The van der Waals surface area contributed by atoms with Gasteiger partial charge in [-0.1, -0.05) is 6.42 Å². The van der Waals surface area contributed by atoms with Crippen LogP contribution in [0.3, 0.4) is 0 Å². The number of hydrogen-bond acceptors (Lipinski definition) is 3. The van der Waals surface area contributed by atoms with E-state index < -0.39 is 5.82 Å². The van der Waals surface area contributed by atoms with E-state index in [1.165, 1.54) is 18.2 Å². The predicted molar refractivity (Wildman–Crippen MR) is 123 cm³/mol. The van der Waals surface area contributed by atoms with E-state index in [-0.39, 0.29) is 17.7 Å². The number of H-pyrrole nitrogens is 1. The lowest BCUT2D eigenvalue weighted by Crippen LogP contribution is -2.25. The van der Waals surface area contributed by atoms with Gasteiger partial charge in [-0.25, -0.2) is 4.39 Å². The number of halogens is 1. The molecule has 0 saturated heterocycles. The molecule has 0 atom stereocenters. The number of carbonyl (C=O) groups excluding carboxylic acids is 3. The van der Waals surface area contributed by atoms with E-state index in [0.29, 0.717) is 46.7 Å². The summed E-state index contributed by atoms with van der Waals surface area (Å²) in [5.74, 6) is -0.809. The number of amides is 3. The fourth-order valence-corrected chi connectivity index (χ4v) is 3.80. The molecule has 0 fully saturated rings. The molecule has 1 aliphatic rings. The second kappa shape index (κ2) is 9.80. The number of nitrogens with one attached hydrogen (secondary N) is 3. The minimum absolute atomic E-state index is 0.107. The van der Waals surface area contributed by atoms with Gasteiger partial charge in [-0.3, -0.25) is 14.4 Å². The second-order valence-corrected chi connectivity index (χ2v) is 8.22. The molecule has 3 N–H and O–H groups in total. The van der Waals surface area contributed by atoms with Gasteiger partial charge in [0.2, 0.25) is 5.91 Å². The summed E-state index contributed by atoms with van der Waals surface area (Å²) >= 11 is 0. The molecule has 1 aromatic heterocycles. The van der Waals surface area contributed by atoms with Crippen LogP contribution in [0.5, 0.6) is 0 Å². The minimum Gasteiger partial charge on any atom is -0.358 e. The summed E-state index contributed by atoms with van der Waals surface area (Å²) in [6.07, 6.45) is 4.59. The molecule has 0 saturated carbocycles. The smallest absolute Gasteiger partial charge is 0.256 e. The quantitative estimate of drug-likeness (QED) is 0.432. The van der Waals surface area contributed by atoms with E-state index in [2.05, 4.69) is 15.6 Å². The number of fused-ring (bicyclic) bond motifs is 1. The SMILES string of the molecule is Cc1[nH]c(/C=C2\C(=O)Nc3ccc(F)cc32)c(C)c1C(=O)NCCCCCC(=O)N(C)C. The fraction of sp³-hybridized carbons (Fsp3) is 0.375. The number of carbonyl (C=O) groups is 3. The number of nitrogens with zero attached hydrogens (tertiary/aromatic N) is 1. The van der Waals surface area contributed by atoms with Gasteiger partial charge in [0.1, 0.15) is 5.82 Å². The zero-order chi connectivity index (χ0) is 23.4. The molecular weight excluding hydrogens is 411 g/mol. The number of hydrogen-bond donors (Lipinski definition) is 3. The zero-order valence-corrected chi connectivity index (χ0v) is 18.9. The van der Waals surface area contributed by atoms with Crippen molar-refractivity contribution < 1.29 is 18.8 Å². The van der Waals surface area contributed by atoms with E-state index in [9.17, 15) is 18.8 Å². The third kappa shape index (κ3) is 5.07. The highest BCUT2D eigenvalue weighted by Crippen LogP contribution is 2.34. The zero-order valence-electron chi connectivity index (χ0n) is 18.9. The molecule has 170 valence electrons. The fourth-order valence-electron chi connectivity index (χ4n) is 3.80. The molecule has 0 bridgehead atoms. The van der Waals surface area contributed by atoms with Crippen LogP contribution in [0, 0.1) is 19.7 Å². The first kappa shape index (κ1) is 23.2. The Morgan fingerprint density at radius 2 is 1.91 bits per heavy atom. The molecule has 8 heteroatoms. The largest absolute Gasteiger partial charge is 0.358 e. The summed E-state index contributed by atoms with van der Waals surface area (Å²) in [6.45, 7) is 4.14. The summed E-state index contributed by atoms with van der Waals surface area (Å²) in [7, 11) is 3.48. The van der Waals surface area contributed by atoms with Crippen LogP contribution in [0.25, 0.3) is 11.6 Å². The Morgan fingerprint density at radius 1 is 1.16 bits per heavy atom. The summed E-state index contributed by atoms with van der Waals surface area (Å²) in [5, 5.41) is 5.65. The van der Waals surface area contributed by atoms with Gasteiger partial charge in [-0.05, 0) is 56.5 Å². The first-order valence-corrected chi connectivity index (χ1v) is 10.7. The highest BCUT2D eigenvalue weighted by Gasteiger charge is 2.26. The van der Waals surface area contributed by atoms with Gasteiger partial charge in [0.05, 0.1) is 11.1 Å². The van der Waals surface area contributed by atoms with Crippen LogP contribution in [0.1, 0.15) is 58.6 Å². The molecule has 2 heterocycles. The molecule has 1 aliphatic heterocycles. The number of benzene rings is 1. The minimum atomic E-state index is -0.420. The summed E-state index contributed by atoms with van der Waals surface area (Å²) in [4.78, 5) is 41.4. The maximum absolute atomic E-state index is 13.7. The number of rotatable bonds is 8.